The quantitative estimate of drug-likeness (QED) is 0.646. The van der Waals surface area contributed by atoms with Gasteiger partial charge in [0.05, 0.1) is 0 Å². The molecule has 0 aliphatic carbocycles. The Labute approximate surface area is 41.5 Å². The van der Waals surface area contributed by atoms with Crippen molar-refractivity contribution in [1.29, 1.82) is 0 Å². The van der Waals surface area contributed by atoms with Crippen LogP contribution in [0.3, 0.4) is 0 Å². The van der Waals surface area contributed by atoms with Crippen molar-refractivity contribution in [2.75, 3.05) is 14.1 Å². The van der Waals surface area contributed by atoms with E-state index in [1.807, 2.05) is 0 Å². The Kier molecular flexibility index (Phi) is 3.21. The molecule has 0 amide bonds. The van der Waals surface area contributed by atoms with E-state index in [-0.39, 0.29) is 0 Å². The maximum atomic E-state index is 11.2. The molecule has 1 nitrogen and oxygen atoms in total. The molecule has 0 aromatic heterocycles. The van der Waals surface area contributed by atoms with Crippen molar-refractivity contribution in [3.8, 4) is 0 Å². The molecule has 0 fully saturated rings. The number of rotatable bonds is 1. The van der Waals surface area contributed by atoms with Gasteiger partial charge >= 0.3 is 41.0 Å². The minimum atomic E-state index is -1.60. The van der Waals surface area contributed by atoms with Crippen LogP contribution in [0.15, 0.2) is 0 Å². The van der Waals surface area contributed by atoms with Gasteiger partial charge in [0.1, 0.15) is 0 Å². The molecule has 0 aromatic carbocycles. The van der Waals surface area contributed by atoms with Crippen molar-refractivity contribution in [1.82, 2.24) is 3.30 Å². The molecule has 0 aliphatic heterocycles. The maximum absolute atomic E-state index is 11.2. The van der Waals surface area contributed by atoms with Gasteiger partial charge in [-0.2, -0.15) is 0 Å². The van der Waals surface area contributed by atoms with E-state index in [2.05, 4.69) is 0 Å². The summed E-state index contributed by atoms with van der Waals surface area (Å²) >= 11 is -1.60. The molecule has 0 aromatic rings. The molecule has 3 heteroatoms. The Morgan fingerprint density at radius 3 is 1.80 bits per heavy atom. The van der Waals surface area contributed by atoms with Crippen LogP contribution in [0.1, 0.15) is 0 Å². The van der Waals surface area contributed by atoms with Crippen molar-refractivity contribution < 1.29 is 23.6 Å². The molecule has 5 heavy (non-hydrogen) atoms. The third kappa shape index (κ3) is 4.63. The zero-order chi connectivity index (χ0) is 4.28. The Balaban J connectivity index is 2.54. The predicted molar refractivity (Wildman–Crippen MR) is 14.8 cm³/mol. The molecule has 0 spiro atoms. The summed E-state index contributed by atoms with van der Waals surface area (Å²) in [7, 11) is 3.52. The van der Waals surface area contributed by atoms with Gasteiger partial charge in [-0.05, 0) is 0 Å². The molecule has 0 bridgehead atoms. The summed E-state index contributed by atoms with van der Waals surface area (Å²) in [6.45, 7) is 0. The summed E-state index contributed by atoms with van der Waals surface area (Å²) in [5.74, 6) is 0. The van der Waals surface area contributed by atoms with Crippen molar-refractivity contribution >= 4 is 0 Å². The summed E-state index contributed by atoms with van der Waals surface area (Å²) in [5, 5.41) is 0. The van der Waals surface area contributed by atoms with Crippen LogP contribution in [0.25, 0.3) is 0 Å². The second-order valence-corrected chi connectivity index (χ2v) is 4.34. The molecule has 0 saturated heterocycles. The fraction of sp³-hybridized carbons (Fsp3) is 1.00. The molecule has 0 unspecified atom stereocenters. The fourth-order valence-electron chi connectivity index (χ4n) is 0. The van der Waals surface area contributed by atoms with Gasteiger partial charge in [0.15, 0.2) is 0 Å². The monoisotopic (exact) mass is 244 g/mol. The van der Waals surface area contributed by atoms with Crippen LogP contribution in [0.4, 0.5) is 3.02 Å². The SMILES string of the molecule is C[N](C)[Ta][F]. The second kappa shape index (κ2) is 2.85. The second-order valence-electron chi connectivity index (χ2n) is 0.923. The topological polar surface area (TPSA) is 3.24 Å². The van der Waals surface area contributed by atoms with Crippen LogP contribution in [-0.4, -0.2) is 17.4 Å². The fourth-order valence-corrected chi connectivity index (χ4v) is 0. The zero-order valence-corrected chi connectivity index (χ0v) is 6.49. The summed E-state index contributed by atoms with van der Waals surface area (Å²) in [6, 6.07) is 0. The van der Waals surface area contributed by atoms with E-state index in [9.17, 15) is 3.02 Å². The number of hydrogen-bond donors (Lipinski definition) is 0. The first-order chi connectivity index (χ1) is 2.27. The normalized spacial score (nSPS) is 8.80. The van der Waals surface area contributed by atoms with Gasteiger partial charge in [-0.15, -0.1) is 0 Å². The first-order valence-corrected chi connectivity index (χ1v) is 3.92. The van der Waals surface area contributed by atoms with Gasteiger partial charge in [0.25, 0.3) is 0 Å². The summed E-state index contributed by atoms with van der Waals surface area (Å²) in [5.41, 5.74) is 0. The molecule has 0 aliphatic rings. The molecule has 0 radical (unpaired) electrons. The molecule has 0 atom stereocenters. The average Bonchev–Trinajstić information content (AvgIpc) is 1.38. The van der Waals surface area contributed by atoms with Gasteiger partial charge in [-0.25, -0.2) is 0 Å². The number of hydrogen-bond acceptors (Lipinski definition) is 1. The Morgan fingerprint density at radius 2 is 1.80 bits per heavy atom. The van der Waals surface area contributed by atoms with Crippen LogP contribution in [0, 0.1) is 0 Å². The van der Waals surface area contributed by atoms with Crippen LogP contribution in [0.2, 0.25) is 0 Å². The Hall–Kier alpha value is 0.630. The molecule has 31 valence electrons. The minimum absolute atomic E-state index is 1.60. The van der Waals surface area contributed by atoms with E-state index in [0.29, 0.717) is 0 Å². The van der Waals surface area contributed by atoms with E-state index >= 15 is 0 Å². The molecule has 0 rings (SSSR count). The van der Waals surface area contributed by atoms with Crippen molar-refractivity contribution in [3.63, 3.8) is 0 Å². The van der Waals surface area contributed by atoms with Crippen molar-refractivity contribution in [3.05, 3.63) is 0 Å². The Morgan fingerprint density at radius 1 is 1.60 bits per heavy atom. The first-order valence-electron chi connectivity index (χ1n) is 1.26. The van der Waals surface area contributed by atoms with E-state index < -0.39 is 20.6 Å². The first kappa shape index (κ1) is 5.63. The van der Waals surface area contributed by atoms with Crippen LogP contribution in [0.5, 0.6) is 0 Å². The molecular formula is C2H6FNTa. The van der Waals surface area contributed by atoms with E-state index in [1.165, 1.54) is 0 Å². The molecular weight excluding hydrogens is 238 g/mol. The molecule has 0 heterocycles. The van der Waals surface area contributed by atoms with Gasteiger partial charge < -0.3 is 0 Å². The van der Waals surface area contributed by atoms with Crippen LogP contribution >= 0.6 is 0 Å². The van der Waals surface area contributed by atoms with Gasteiger partial charge in [-0.1, -0.05) is 0 Å². The number of halogens is 1. The van der Waals surface area contributed by atoms with Crippen LogP contribution in [-0.2, 0) is 20.6 Å². The van der Waals surface area contributed by atoms with E-state index in [0.717, 1.165) is 0 Å². The molecule has 0 saturated carbocycles. The average molecular weight is 244 g/mol. The van der Waals surface area contributed by atoms with E-state index in [4.69, 9.17) is 0 Å². The van der Waals surface area contributed by atoms with Crippen LogP contribution < -0.4 is 0 Å². The summed E-state index contributed by atoms with van der Waals surface area (Å²) in [4.78, 5) is 0. The van der Waals surface area contributed by atoms with Crippen molar-refractivity contribution in [2.24, 2.45) is 0 Å². The van der Waals surface area contributed by atoms with Gasteiger partial charge in [0, 0.05) is 0 Å². The van der Waals surface area contributed by atoms with Gasteiger partial charge in [0.2, 0.25) is 0 Å². The molecule has 0 N–H and O–H groups in total. The Bertz CT molecular complexity index is 23.6. The zero-order valence-electron chi connectivity index (χ0n) is 3.27. The summed E-state index contributed by atoms with van der Waals surface area (Å²) in [6.07, 6.45) is 0. The third-order valence-corrected chi connectivity index (χ3v) is 1.24. The predicted octanol–water partition coefficient (Wildman–Crippen LogP) is 0.430. The van der Waals surface area contributed by atoms with E-state index in [1.54, 1.807) is 17.4 Å². The number of nitrogens with zero attached hydrogens (tertiary/aromatic N) is 1. The standard InChI is InChI=1S/C2H6N.FH.Ta/c1-3-2;;/h1-2H3;1H;/q-1;;+2/p-1. The van der Waals surface area contributed by atoms with Crippen molar-refractivity contribution in [2.45, 2.75) is 0 Å². The van der Waals surface area contributed by atoms with Gasteiger partial charge in [-0.3, -0.25) is 0 Å². The summed E-state index contributed by atoms with van der Waals surface area (Å²) < 4.78 is 12.9. The third-order valence-electron chi connectivity index (χ3n) is 0.151.